The molecular weight excluding hydrogens is 332 g/mol. The Bertz CT molecular complexity index is 1080. The van der Waals surface area contributed by atoms with E-state index in [-0.39, 0.29) is 5.92 Å². The number of imidazole rings is 1. The smallest absolute Gasteiger partial charge is 0.119 e. The second-order valence-electron chi connectivity index (χ2n) is 7.16. The van der Waals surface area contributed by atoms with Gasteiger partial charge in [-0.2, -0.15) is 0 Å². The molecule has 0 radical (unpaired) electrons. The lowest BCUT2D eigenvalue weighted by Gasteiger charge is -2.16. The number of unbranched alkanes of at least 4 members (excludes halogenated alkanes) is 1. The van der Waals surface area contributed by atoms with E-state index in [1.54, 1.807) is 7.11 Å². The molecule has 3 nitrogen and oxygen atoms in total. The Kier molecular flexibility index (Phi) is 4.85. The maximum absolute atomic E-state index is 5.34. The third-order valence-electron chi connectivity index (χ3n) is 5.38. The first kappa shape index (κ1) is 17.6. The van der Waals surface area contributed by atoms with Crippen LogP contribution < -0.4 is 4.74 Å². The standard InChI is InChI=1S/C24H26N2O/c1-4-5-14-26-23-9-7-6-8-22(23)25-24(26)17(2)18-10-11-20-16-21(27-3)13-12-19(20)15-18/h6-13,15-17H,4-5,14H2,1-3H3. The van der Waals surface area contributed by atoms with Crippen LogP contribution in [0.2, 0.25) is 0 Å². The van der Waals surface area contributed by atoms with E-state index in [4.69, 9.17) is 9.72 Å². The number of aryl methyl sites for hydroxylation is 1. The Balaban J connectivity index is 1.77. The van der Waals surface area contributed by atoms with Gasteiger partial charge in [0.2, 0.25) is 0 Å². The Morgan fingerprint density at radius 2 is 1.78 bits per heavy atom. The zero-order valence-corrected chi connectivity index (χ0v) is 16.3. The number of para-hydroxylation sites is 2. The van der Waals surface area contributed by atoms with Crippen LogP contribution in [-0.2, 0) is 6.54 Å². The molecule has 0 bridgehead atoms. The molecule has 0 fully saturated rings. The normalized spacial score (nSPS) is 12.6. The summed E-state index contributed by atoms with van der Waals surface area (Å²) in [6.07, 6.45) is 2.34. The number of rotatable bonds is 6. The van der Waals surface area contributed by atoms with E-state index in [0.29, 0.717) is 0 Å². The Morgan fingerprint density at radius 1 is 1.00 bits per heavy atom. The monoisotopic (exact) mass is 358 g/mol. The summed E-state index contributed by atoms with van der Waals surface area (Å²) < 4.78 is 7.75. The molecule has 0 N–H and O–H groups in total. The van der Waals surface area contributed by atoms with Crippen molar-refractivity contribution < 1.29 is 4.74 Å². The lowest BCUT2D eigenvalue weighted by Crippen LogP contribution is -2.08. The molecule has 1 heterocycles. The molecule has 0 spiro atoms. The van der Waals surface area contributed by atoms with E-state index in [1.807, 2.05) is 6.07 Å². The highest BCUT2D eigenvalue weighted by atomic mass is 16.5. The van der Waals surface area contributed by atoms with Crippen molar-refractivity contribution in [2.45, 2.75) is 39.2 Å². The van der Waals surface area contributed by atoms with Crippen LogP contribution in [-0.4, -0.2) is 16.7 Å². The third-order valence-corrected chi connectivity index (χ3v) is 5.38. The lowest BCUT2D eigenvalue weighted by atomic mass is 9.97. The molecule has 3 heteroatoms. The fourth-order valence-corrected chi connectivity index (χ4v) is 3.76. The van der Waals surface area contributed by atoms with Crippen LogP contribution in [0.15, 0.2) is 60.7 Å². The molecule has 0 saturated heterocycles. The van der Waals surface area contributed by atoms with E-state index in [9.17, 15) is 0 Å². The minimum Gasteiger partial charge on any atom is -0.497 e. The molecule has 3 aromatic carbocycles. The third kappa shape index (κ3) is 3.30. The molecule has 138 valence electrons. The second kappa shape index (κ2) is 7.43. The molecule has 0 aliphatic rings. The van der Waals surface area contributed by atoms with Crippen LogP contribution in [0.3, 0.4) is 0 Å². The first-order valence-corrected chi connectivity index (χ1v) is 9.74. The van der Waals surface area contributed by atoms with E-state index in [2.05, 4.69) is 73.0 Å². The maximum atomic E-state index is 5.34. The zero-order chi connectivity index (χ0) is 18.8. The van der Waals surface area contributed by atoms with Crippen molar-refractivity contribution in [1.29, 1.82) is 0 Å². The molecule has 4 rings (SSSR count). The number of benzene rings is 3. The van der Waals surface area contributed by atoms with Crippen LogP contribution >= 0.6 is 0 Å². The van der Waals surface area contributed by atoms with E-state index in [0.717, 1.165) is 30.1 Å². The van der Waals surface area contributed by atoms with Gasteiger partial charge < -0.3 is 9.30 Å². The molecule has 0 aliphatic heterocycles. The first-order valence-electron chi connectivity index (χ1n) is 9.74. The van der Waals surface area contributed by atoms with Gasteiger partial charge in [0.05, 0.1) is 18.1 Å². The number of aromatic nitrogens is 2. The summed E-state index contributed by atoms with van der Waals surface area (Å²) in [7, 11) is 1.71. The van der Waals surface area contributed by atoms with Gasteiger partial charge in [-0.3, -0.25) is 0 Å². The summed E-state index contributed by atoms with van der Waals surface area (Å²) in [6, 6.07) is 21.4. The molecule has 1 atom stereocenters. The summed E-state index contributed by atoms with van der Waals surface area (Å²) in [5.74, 6) is 2.28. The predicted molar refractivity (Wildman–Crippen MR) is 113 cm³/mol. The Labute approximate surface area is 160 Å². The highest BCUT2D eigenvalue weighted by Gasteiger charge is 2.18. The molecule has 0 saturated carbocycles. The number of hydrogen-bond donors (Lipinski definition) is 0. The van der Waals surface area contributed by atoms with Crippen LogP contribution in [0.25, 0.3) is 21.8 Å². The molecule has 27 heavy (non-hydrogen) atoms. The van der Waals surface area contributed by atoms with E-state index in [1.165, 1.54) is 28.3 Å². The van der Waals surface area contributed by atoms with Gasteiger partial charge in [0.1, 0.15) is 11.6 Å². The predicted octanol–water partition coefficient (Wildman–Crippen LogP) is 6.15. The van der Waals surface area contributed by atoms with Gasteiger partial charge in [-0.15, -0.1) is 0 Å². The largest absolute Gasteiger partial charge is 0.497 e. The Hall–Kier alpha value is -2.81. The minimum atomic E-state index is 0.237. The summed E-state index contributed by atoms with van der Waals surface area (Å²) in [5, 5.41) is 2.43. The first-order chi connectivity index (χ1) is 13.2. The van der Waals surface area contributed by atoms with Gasteiger partial charge in [-0.1, -0.05) is 56.7 Å². The zero-order valence-electron chi connectivity index (χ0n) is 16.3. The van der Waals surface area contributed by atoms with Gasteiger partial charge in [0, 0.05) is 12.5 Å². The summed E-state index contributed by atoms with van der Waals surface area (Å²) in [4.78, 5) is 4.99. The van der Waals surface area contributed by atoms with Gasteiger partial charge in [0.15, 0.2) is 0 Å². The summed E-state index contributed by atoms with van der Waals surface area (Å²) in [5.41, 5.74) is 3.61. The molecule has 1 unspecified atom stereocenters. The SMILES string of the molecule is CCCCn1c(C(C)c2ccc3cc(OC)ccc3c2)nc2ccccc21. The lowest BCUT2D eigenvalue weighted by molar-refractivity contribution is 0.415. The maximum Gasteiger partial charge on any atom is 0.119 e. The molecule has 1 aromatic heterocycles. The van der Waals surface area contributed by atoms with Crippen molar-refractivity contribution in [3.05, 3.63) is 72.1 Å². The Morgan fingerprint density at radius 3 is 2.59 bits per heavy atom. The molecule has 4 aromatic rings. The highest BCUT2D eigenvalue weighted by Crippen LogP contribution is 2.30. The van der Waals surface area contributed by atoms with Crippen LogP contribution in [0.5, 0.6) is 5.75 Å². The van der Waals surface area contributed by atoms with Crippen LogP contribution in [0.1, 0.15) is 44.0 Å². The quantitative estimate of drug-likeness (QED) is 0.413. The van der Waals surface area contributed by atoms with Crippen molar-refractivity contribution in [3.8, 4) is 5.75 Å². The fourth-order valence-electron chi connectivity index (χ4n) is 3.76. The van der Waals surface area contributed by atoms with Crippen molar-refractivity contribution in [2.24, 2.45) is 0 Å². The minimum absolute atomic E-state index is 0.237. The number of ether oxygens (including phenoxy) is 1. The number of fused-ring (bicyclic) bond motifs is 2. The summed E-state index contributed by atoms with van der Waals surface area (Å²) >= 11 is 0. The summed E-state index contributed by atoms with van der Waals surface area (Å²) in [6.45, 7) is 5.51. The second-order valence-corrected chi connectivity index (χ2v) is 7.16. The highest BCUT2D eigenvalue weighted by molar-refractivity contribution is 5.85. The average Bonchev–Trinajstić information content (AvgIpc) is 3.09. The van der Waals surface area contributed by atoms with Gasteiger partial charge >= 0.3 is 0 Å². The molecule has 0 aliphatic carbocycles. The number of hydrogen-bond acceptors (Lipinski definition) is 2. The van der Waals surface area contributed by atoms with Crippen LogP contribution in [0, 0.1) is 0 Å². The average molecular weight is 358 g/mol. The molecular formula is C24H26N2O. The van der Waals surface area contributed by atoms with Gasteiger partial charge in [-0.25, -0.2) is 4.98 Å². The van der Waals surface area contributed by atoms with Gasteiger partial charge in [0.25, 0.3) is 0 Å². The van der Waals surface area contributed by atoms with Crippen molar-refractivity contribution in [2.75, 3.05) is 7.11 Å². The number of methoxy groups -OCH3 is 1. The van der Waals surface area contributed by atoms with Crippen molar-refractivity contribution in [3.63, 3.8) is 0 Å². The fraction of sp³-hybridized carbons (Fsp3) is 0.292. The van der Waals surface area contributed by atoms with Gasteiger partial charge in [-0.05, 0) is 47.0 Å². The topological polar surface area (TPSA) is 27.1 Å². The van der Waals surface area contributed by atoms with Crippen LogP contribution in [0.4, 0.5) is 0 Å². The van der Waals surface area contributed by atoms with E-state index >= 15 is 0 Å². The van der Waals surface area contributed by atoms with E-state index < -0.39 is 0 Å². The van der Waals surface area contributed by atoms with Crippen molar-refractivity contribution in [1.82, 2.24) is 9.55 Å². The number of nitrogens with zero attached hydrogens (tertiary/aromatic N) is 2. The molecule has 0 amide bonds. The van der Waals surface area contributed by atoms with Crippen molar-refractivity contribution >= 4 is 21.8 Å².